The van der Waals surface area contributed by atoms with Gasteiger partial charge in [0.05, 0.1) is 0 Å². The maximum atomic E-state index is 10.7. The van der Waals surface area contributed by atoms with Gasteiger partial charge in [-0.3, -0.25) is 4.79 Å². The van der Waals surface area contributed by atoms with E-state index in [9.17, 15) is 9.90 Å². The highest BCUT2D eigenvalue weighted by Gasteiger charge is 2.15. The number of phenols is 1. The van der Waals surface area contributed by atoms with Gasteiger partial charge in [0.25, 0.3) is 0 Å². The van der Waals surface area contributed by atoms with Crippen LogP contribution in [0.15, 0.2) is 18.2 Å². The van der Waals surface area contributed by atoms with E-state index in [2.05, 4.69) is 0 Å². The second kappa shape index (κ2) is 4.96. The van der Waals surface area contributed by atoms with Crippen molar-refractivity contribution in [1.82, 2.24) is 4.90 Å². The number of carboxylic acid groups (broad SMARTS) is 1. The van der Waals surface area contributed by atoms with E-state index in [0.717, 1.165) is 0 Å². The Morgan fingerprint density at radius 2 is 2.12 bits per heavy atom. The molecule has 1 rings (SSSR count). The van der Waals surface area contributed by atoms with Crippen molar-refractivity contribution in [2.75, 3.05) is 14.1 Å². The molecule has 1 aromatic carbocycles. The standard InChI is InChI=1S/C11H16N2O3/c1-13(2)6-8-5-7(3-4-9(8)14)10(12)11(15)16/h3-5,10,14H,6,12H2,1-2H3,(H,15,16). The second-order valence-electron chi connectivity index (χ2n) is 3.94. The van der Waals surface area contributed by atoms with Crippen LogP contribution in [0.4, 0.5) is 0 Å². The summed E-state index contributed by atoms with van der Waals surface area (Å²) in [6.07, 6.45) is 0. The Bertz CT molecular complexity index is 391. The molecule has 0 aliphatic carbocycles. The molecule has 0 aliphatic heterocycles. The van der Waals surface area contributed by atoms with Crippen LogP contribution in [0, 0.1) is 0 Å². The monoisotopic (exact) mass is 224 g/mol. The molecule has 5 heteroatoms. The number of hydrogen-bond acceptors (Lipinski definition) is 4. The van der Waals surface area contributed by atoms with E-state index in [1.165, 1.54) is 12.1 Å². The number of rotatable bonds is 4. The molecule has 0 aliphatic rings. The van der Waals surface area contributed by atoms with Gasteiger partial charge in [0.2, 0.25) is 0 Å². The van der Waals surface area contributed by atoms with Gasteiger partial charge in [0.1, 0.15) is 11.8 Å². The van der Waals surface area contributed by atoms with E-state index in [1.807, 2.05) is 19.0 Å². The Morgan fingerprint density at radius 1 is 1.50 bits per heavy atom. The normalized spacial score (nSPS) is 12.8. The average molecular weight is 224 g/mol. The number of nitrogens with two attached hydrogens (primary N) is 1. The maximum absolute atomic E-state index is 10.7. The van der Waals surface area contributed by atoms with Crippen LogP contribution in [-0.2, 0) is 11.3 Å². The van der Waals surface area contributed by atoms with Crippen LogP contribution in [0.3, 0.4) is 0 Å². The van der Waals surface area contributed by atoms with Crippen molar-refractivity contribution >= 4 is 5.97 Å². The number of aromatic hydroxyl groups is 1. The van der Waals surface area contributed by atoms with Crippen molar-refractivity contribution in [1.29, 1.82) is 0 Å². The van der Waals surface area contributed by atoms with Gasteiger partial charge in [-0.15, -0.1) is 0 Å². The molecule has 0 spiro atoms. The van der Waals surface area contributed by atoms with E-state index in [-0.39, 0.29) is 5.75 Å². The molecule has 5 nitrogen and oxygen atoms in total. The number of hydrogen-bond donors (Lipinski definition) is 3. The van der Waals surface area contributed by atoms with Crippen molar-refractivity contribution in [2.45, 2.75) is 12.6 Å². The first-order chi connectivity index (χ1) is 7.41. The fourth-order valence-electron chi connectivity index (χ4n) is 1.41. The minimum absolute atomic E-state index is 0.148. The number of nitrogens with zero attached hydrogens (tertiary/aromatic N) is 1. The summed E-state index contributed by atoms with van der Waals surface area (Å²) in [6.45, 7) is 0.534. The first-order valence-electron chi connectivity index (χ1n) is 4.86. The molecule has 1 atom stereocenters. The summed E-state index contributed by atoms with van der Waals surface area (Å²) in [5.74, 6) is -0.934. The third kappa shape index (κ3) is 2.95. The molecule has 4 N–H and O–H groups in total. The fourth-order valence-corrected chi connectivity index (χ4v) is 1.41. The van der Waals surface area contributed by atoms with Gasteiger partial charge in [-0.05, 0) is 31.8 Å². The second-order valence-corrected chi connectivity index (χ2v) is 3.94. The summed E-state index contributed by atoms with van der Waals surface area (Å²) in [5, 5.41) is 18.4. The molecule has 0 aromatic heterocycles. The predicted octanol–water partition coefficient (Wildman–Crippen LogP) is 0.538. The molecule has 0 heterocycles. The summed E-state index contributed by atoms with van der Waals surface area (Å²) in [7, 11) is 3.73. The maximum Gasteiger partial charge on any atom is 0.325 e. The molecule has 0 saturated carbocycles. The molecule has 0 bridgehead atoms. The predicted molar refractivity (Wildman–Crippen MR) is 60.1 cm³/mol. The zero-order valence-electron chi connectivity index (χ0n) is 9.34. The van der Waals surface area contributed by atoms with Gasteiger partial charge in [-0.25, -0.2) is 0 Å². The van der Waals surface area contributed by atoms with Crippen molar-refractivity contribution in [3.63, 3.8) is 0 Å². The van der Waals surface area contributed by atoms with E-state index in [4.69, 9.17) is 10.8 Å². The molecule has 0 radical (unpaired) electrons. The highest BCUT2D eigenvalue weighted by Crippen LogP contribution is 2.22. The smallest absolute Gasteiger partial charge is 0.325 e. The molecule has 1 aromatic rings. The third-order valence-electron chi connectivity index (χ3n) is 2.22. The highest BCUT2D eigenvalue weighted by molar-refractivity contribution is 5.75. The Balaban J connectivity index is 3.02. The van der Waals surface area contributed by atoms with Gasteiger partial charge in [0, 0.05) is 12.1 Å². The first kappa shape index (κ1) is 12.5. The summed E-state index contributed by atoms with van der Waals surface area (Å²) < 4.78 is 0. The number of carboxylic acids is 1. The lowest BCUT2D eigenvalue weighted by Gasteiger charge is -2.14. The van der Waals surface area contributed by atoms with Crippen LogP contribution in [0.25, 0.3) is 0 Å². The van der Waals surface area contributed by atoms with Gasteiger partial charge in [-0.1, -0.05) is 6.07 Å². The number of carbonyl (C=O) groups is 1. The topological polar surface area (TPSA) is 86.8 Å². The summed E-state index contributed by atoms with van der Waals surface area (Å²) in [5.41, 5.74) is 6.65. The Kier molecular flexibility index (Phi) is 3.87. The van der Waals surface area contributed by atoms with Crippen LogP contribution in [0.5, 0.6) is 5.75 Å². The lowest BCUT2D eigenvalue weighted by Crippen LogP contribution is -2.21. The van der Waals surface area contributed by atoms with Gasteiger partial charge in [0.15, 0.2) is 0 Å². The van der Waals surface area contributed by atoms with Gasteiger partial charge >= 0.3 is 5.97 Å². The average Bonchev–Trinajstić information content (AvgIpc) is 2.19. The zero-order chi connectivity index (χ0) is 12.3. The van der Waals surface area contributed by atoms with E-state index in [0.29, 0.717) is 17.7 Å². The van der Waals surface area contributed by atoms with E-state index < -0.39 is 12.0 Å². The van der Waals surface area contributed by atoms with Crippen LogP contribution < -0.4 is 5.73 Å². The van der Waals surface area contributed by atoms with E-state index >= 15 is 0 Å². The Labute approximate surface area is 94.1 Å². The Hall–Kier alpha value is -1.59. The van der Waals surface area contributed by atoms with Crippen LogP contribution in [0.1, 0.15) is 17.2 Å². The molecular formula is C11H16N2O3. The first-order valence-corrected chi connectivity index (χ1v) is 4.86. The molecule has 88 valence electrons. The SMILES string of the molecule is CN(C)Cc1cc(C(N)C(=O)O)ccc1O. The van der Waals surface area contributed by atoms with Crippen molar-refractivity contribution in [2.24, 2.45) is 5.73 Å². The number of benzene rings is 1. The molecule has 1 unspecified atom stereocenters. The molecule has 16 heavy (non-hydrogen) atoms. The van der Waals surface area contributed by atoms with Crippen LogP contribution in [0.2, 0.25) is 0 Å². The fraction of sp³-hybridized carbons (Fsp3) is 0.364. The van der Waals surface area contributed by atoms with Crippen molar-refractivity contribution < 1.29 is 15.0 Å². The minimum atomic E-state index is -1.08. The number of phenolic OH excluding ortho intramolecular Hbond substituents is 1. The quantitative estimate of drug-likeness (QED) is 0.694. The van der Waals surface area contributed by atoms with E-state index in [1.54, 1.807) is 6.07 Å². The van der Waals surface area contributed by atoms with Crippen LogP contribution in [-0.4, -0.2) is 35.2 Å². The zero-order valence-corrected chi connectivity index (χ0v) is 9.34. The minimum Gasteiger partial charge on any atom is -0.508 e. The molecule has 0 amide bonds. The van der Waals surface area contributed by atoms with Crippen molar-refractivity contribution in [3.8, 4) is 5.75 Å². The number of aliphatic carboxylic acids is 1. The lowest BCUT2D eigenvalue weighted by atomic mass is 10.0. The summed E-state index contributed by atoms with van der Waals surface area (Å²) >= 11 is 0. The molecule has 0 saturated heterocycles. The lowest BCUT2D eigenvalue weighted by molar-refractivity contribution is -0.138. The Morgan fingerprint density at radius 3 is 2.62 bits per heavy atom. The van der Waals surface area contributed by atoms with Crippen LogP contribution >= 0.6 is 0 Å². The third-order valence-corrected chi connectivity index (χ3v) is 2.22. The highest BCUT2D eigenvalue weighted by atomic mass is 16.4. The largest absolute Gasteiger partial charge is 0.508 e. The van der Waals surface area contributed by atoms with Crippen molar-refractivity contribution in [3.05, 3.63) is 29.3 Å². The van der Waals surface area contributed by atoms with Gasteiger partial charge < -0.3 is 20.8 Å². The molecule has 0 fully saturated rings. The van der Waals surface area contributed by atoms with Gasteiger partial charge in [-0.2, -0.15) is 0 Å². The summed E-state index contributed by atoms with van der Waals surface area (Å²) in [6, 6.07) is 3.56. The summed E-state index contributed by atoms with van der Waals surface area (Å²) in [4.78, 5) is 12.6. The molecular weight excluding hydrogens is 208 g/mol.